The van der Waals surface area contributed by atoms with Gasteiger partial charge in [0.05, 0.1) is 4.34 Å². The molecule has 0 radical (unpaired) electrons. The average molecular weight is 335 g/mol. The van der Waals surface area contributed by atoms with Crippen LogP contribution in [-0.4, -0.2) is 41.9 Å². The van der Waals surface area contributed by atoms with Crippen LogP contribution in [0, 0.1) is 6.92 Å². The third kappa shape index (κ3) is 3.69. The number of hydrogen-bond acceptors (Lipinski definition) is 3. The summed E-state index contributed by atoms with van der Waals surface area (Å²) in [5, 5.41) is 0. The normalized spacial score (nSPS) is 16.0. The quantitative estimate of drug-likeness (QED) is 0.855. The molecule has 2 aromatic rings. The zero-order chi connectivity index (χ0) is 15.5. The van der Waals surface area contributed by atoms with Gasteiger partial charge in [0.2, 0.25) is 0 Å². The van der Waals surface area contributed by atoms with Gasteiger partial charge in [0, 0.05) is 43.2 Å². The van der Waals surface area contributed by atoms with E-state index in [0.29, 0.717) is 0 Å². The average Bonchev–Trinajstić information content (AvgIpc) is 2.93. The fourth-order valence-corrected chi connectivity index (χ4v) is 3.77. The van der Waals surface area contributed by atoms with Crippen LogP contribution in [0.2, 0.25) is 4.34 Å². The van der Waals surface area contributed by atoms with Gasteiger partial charge in [0.1, 0.15) is 0 Å². The minimum absolute atomic E-state index is 0.138. The molecular weight excluding hydrogens is 316 g/mol. The predicted octanol–water partition coefficient (Wildman–Crippen LogP) is 3.67. The number of rotatable bonds is 3. The number of carbonyl (C=O) groups is 1. The molecule has 22 heavy (non-hydrogen) atoms. The summed E-state index contributed by atoms with van der Waals surface area (Å²) in [6.45, 7) is 6.34. The van der Waals surface area contributed by atoms with Crippen molar-refractivity contribution in [2.45, 2.75) is 13.5 Å². The van der Waals surface area contributed by atoms with Gasteiger partial charge in [-0.3, -0.25) is 9.69 Å². The van der Waals surface area contributed by atoms with Gasteiger partial charge >= 0.3 is 0 Å². The number of thiophene rings is 1. The summed E-state index contributed by atoms with van der Waals surface area (Å²) in [4.78, 5) is 18.1. The van der Waals surface area contributed by atoms with E-state index in [0.717, 1.165) is 42.6 Å². The molecule has 0 aliphatic carbocycles. The van der Waals surface area contributed by atoms with Crippen LogP contribution < -0.4 is 0 Å². The van der Waals surface area contributed by atoms with Crippen molar-refractivity contribution in [3.8, 4) is 0 Å². The summed E-state index contributed by atoms with van der Waals surface area (Å²) in [6.07, 6.45) is 0. The molecule has 0 saturated carbocycles. The Bertz CT molecular complexity index is 645. The highest BCUT2D eigenvalue weighted by Crippen LogP contribution is 2.23. The van der Waals surface area contributed by atoms with Crippen molar-refractivity contribution in [1.82, 2.24) is 9.80 Å². The van der Waals surface area contributed by atoms with Crippen LogP contribution >= 0.6 is 22.9 Å². The van der Waals surface area contributed by atoms with Crippen molar-refractivity contribution < 1.29 is 4.79 Å². The summed E-state index contributed by atoms with van der Waals surface area (Å²) in [7, 11) is 0. The zero-order valence-corrected chi connectivity index (χ0v) is 14.2. The van der Waals surface area contributed by atoms with E-state index in [1.165, 1.54) is 10.4 Å². The molecule has 1 amide bonds. The summed E-state index contributed by atoms with van der Waals surface area (Å²) >= 11 is 7.60. The van der Waals surface area contributed by atoms with E-state index >= 15 is 0 Å². The SMILES string of the molecule is Cc1ccc(C(=O)N2CCN(Cc3ccc(Cl)s3)CC2)cc1. The fourth-order valence-electron chi connectivity index (χ4n) is 2.64. The van der Waals surface area contributed by atoms with Gasteiger partial charge in [-0.05, 0) is 31.2 Å². The molecule has 0 N–H and O–H groups in total. The minimum Gasteiger partial charge on any atom is -0.336 e. The molecule has 2 heterocycles. The summed E-state index contributed by atoms with van der Waals surface area (Å²) in [6, 6.07) is 11.8. The number of benzene rings is 1. The Morgan fingerprint density at radius 2 is 1.77 bits per heavy atom. The first-order chi connectivity index (χ1) is 10.6. The highest BCUT2D eigenvalue weighted by Gasteiger charge is 2.22. The Balaban J connectivity index is 1.55. The monoisotopic (exact) mass is 334 g/mol. The van der Waals surface area contributed by atoms with Crippen molar-refractivity contribution in [1.29, 1.82) is 0 Å². The number of nitrogens with zero attached hydrogens (tertiary/aromatic N) is 2. The lowest BCUT2D eigenvalue weighted by Crippen LogP contribution is -2.48. The van der Waals surface area contributed by atoms with Crippen molar-refractivity contribution >= 4 is 28.8 Å². The lowest BCUT2D eigenvalue weighted by atomic mass is 10.1. The molecule has 3 nitrogen and oxygen atoms in total. The third-order valence-electron chi connectivity index (χ3n) is 3.97. The molecule has 1 aromatic heterocycles. The molecule has 3 rings (SSSR count). The van der Waals surface area contributed by atoms with E-state index in [4.69, 9.17) is 11.6 Å². The summed E-state index contributed by atoms with van der Waals surface area (Å²) in [5.41, 5.74) is 1.96. The molecule has 1 aliphatic rings. The molecule has 1 fully saturated rings. The summed E-state index contributed by atoms with van der Waals surface area (Å²) in [5.74, 6) is 0.138. The Labute approximate surface area is 140 Å². The van der Waals surface area contributed by atoms with Crippen LogP contribution in [0.1, 0.15) is 20.8 Å². The first-order valence-electron chi connectivity index (χ1n) is 7.44. The van der Waals surface area contributed by atoms with Gasteiger partial charge in [0.25, 0.3) is 5.91 Å². The van der Waals surface area contributed by atoms with E-state index in [1.54, 1.807) is 11.3 Å². The maximum absolute atomic E-state index is 12.5. The second kappa shape index (κ2) is 6.82. The summed E-state index contributed by atoms with van der Waals surface area (Å²) < 4.78 is 0.836. The Morgan fingerprint density at radius 3 is 2.36 bits per heavy atom. The van der Waals surface area contributed by atoms with Crippen molar-refractivity contribution in [3.05, 3.63) is 56.7 Å². The van der Waals surface area contributed by atoms with Crippen molar-refractivity contribution in [2.24, 2.45) is 0 Å². The van der Waals surface area contributed by atoms with Crippen molar-refractivity contribution in [3.63, 3.8) is 0 Å². The van der Waals surface area contributed by atoms with Crippen LogP contribution in [0.15, 0.2) is 36.4 Å². The lowest BCUT2D eigenvalue weighted by molar-refractivity contribution is 0.0629. The molecule has 0 atom stereocenters. The molecule has 1 saturated heterocycles. The largest absolute Gasteiger partial charge is 0.336 e. The lowest BCUT2D eigenvalue weighted by Gasteiger charge is -2.34. The van der Waals surface area contributed by atoms with Gasteiger partial charge in [-0.15, -0.1) is 11.3 Å². The Kier molecular flexibility index (Phi) is 4.81. The molecule has 0 bridgehead atoms. The smallest absolute Gasteiger partial charge is 0.253 e. The Morgan fingerprint density at radius 1 is 1.09 bits per heavy atom. The molecule has 116 valence electrons. The second-order valence-electron chi connectivity index (χ2n) is 5.64. The molecule has 5 heteroatoms. The molecule has 0 unspecified atom stereocenters. The first kappa shape index (κ1) is 15.5. The number of halogens is 1. The van der Waals surface area contributed by atoms with Gasteiger partial charge in [-0.1, -0.05) is 29.3 Å². The number of aryl methyl sites for hydroxylation is 1. The fraction of sp³-hybridized carbons (Fsp3) is 0.353. The van der Waals surface area contributed by atoms with E-state index in [2.05, 4.69) is 11.0 Å². The van der Waals surface area contributed by atoms with Gasteiger partial charge < -0.3 is 4.90 Å². The van der Waals surface area contributed by atoms with Crippen molar-refractivity contribution in [2.75, 3.05) is 26.2 Å². The predicted molar refractivity (Wildman–Crippen MR) is 91.7 cm³/mol. The molecular formula is C17H19ClN2OS. The number of amides is 1. The van der Waals surface area contributed by atoms with E-state index in [1.807, 2.05) is 42.2 Å². The zero-order valence-electron chi connectivity index (χ0n) is 12.6. The van der Waals surface area contributed by atoms with Crippen LogP contribution in [0.25, 0.3) is 0 Å². The first-order valence-corrected chi connectivity index (χ1v) is 8.64. The van der Waals surface area contributed by atoms with Crippen LogP contribution in [0.5, 0.6) is 0 Å². The Hall–Kier alpha value is -1.36. The highest BCUT2D eigenvalue weighted by molar-refractivity contribution is 7.16. The molecule has 1 aromatic carbocycles. The van der Waals surface area contributed by atoms with Crippen LogP contribution in [0.3, 0.4) is 0 Å². The van der Waals surface area contributed by atoms with Crippen LogP contribution in [0.4, 0.5) is 0 Å². The van der Waals surface area contributed by atoms with E-state index in [-0.39, 0.29) is 5.91 Å². The highest BCUT2D eigenvalue weighted by atomic mass is 35.5. The number of hydrogen-bond donors (Lipinski definition) is 0. The third-order valence-corrected chi connectivity index (χ3v) is 5.18. The maximum Gasteiger partial charge on any atom is 0.253 e. The van der Waals surface area contributed by atoms with Gasteiger partial charge in [-0.25, -0.2) is 0 Å². The van der Waals surface area contributed by atoms with E-state index in [9.17, 15) is 4.79 Å². The molecule has 0 spiro atoms. The molecule has 1 aliphatic heterocycles. The number of piperazine rings is 1. The number of carbonyl (C=O) groups excluding carboxylic acids is 1. The van der Waals surface area contributed by atoms with Crippen LogP contribution in [-0.2, 0) is 6.54 Å². The van der Waals surface area contributed by atoms with Gasteiger partial charge in [0.15, 0.2) is 0 Å². The minimum atomic E-state index is 0.138. The standard InChI is InChI=1S/C17H19ClN2OS/c1-13-2-4-14(5-3-13)17(21)20-10-8-19(9-11-20)12-15-6-7-16(18)22-15/h2-7H,8-12H2,1H3. The van der Waals surface area contributed by atoms with Gasteiger partial charge in [-0.2, -0.15) is 0 Å². The topological polar surface area (TPSA) is 23.6 Å². The van der Waals surface area contributed by atoms with E-state index < -0.39 is 0 Å². The second-order valence-corrected chi connectivity index (χ2v) is 7.44. The maximum atomic E-state index is 12.5.